The summed E-state index contributed by atoms with van der Waals surface area (Å²) in [7, 11) is 0. The third-order valence-corrected chi connectivity index (χ3v) is 1.75. The summed E-state index contributed by atoms with van der Waals surface area (Å²) in [6.07, 6.45) is 0. The number of rotatable bonds is 0. The summed E-state index contributed by atoms with van der Waals surface area (Å²) >= 11 is 1.49. The normalized spacial score (nSPS) is 9.70. The van der Waals surface area contributed by atoms with Gasteiger partial charge in [-0.05, 0) is 6.92 Å². The Balaban J connectivity index is 0.000000500. The first kappa shape index (κ1) is 7.43. The largest absolute Gasteiger partial charge is 0.234 e. The molecule has 0 saturated carbocycles. The van der Waals surface area contributed by atoms with E-state index < -0.39 is 0 Å². The van der Waals surface area contributed by atoms with Crippen molar-refractivity contribution in [3.63, 3.8) is 0 Å². The second-order valence-corrected chi connectivity index (χ2v) is 2.49. The van der Waals surface area contributed by atoms with Crippen LogP contribution in [0.1, 0.15) is 5.82 Å². The van der Waals surface area contributed by atoms with Gasteiger partial charge in [0.05, 0.1) is 0 Å². The zero-order valence-corrected chi connectivity index (χ0v) is 6.82. The molecule has 0 amide bonds. The number of halogens is 1. The van der Waals surface area contributed by atoms with Crippen LogP contribution in [0.15, 0.2) is 5.51 Å². The predicted octanol–water partition coefficient (Wildman–Crippen LogP) is 0.916. The molecule has 4 nitrogen and oxygen atoms in total. The minimum absolute atomic E-state index is 0. The average molecular weight is 177 g/mol. The topological polar surface area (TPSA) is 43.1 Å². The molecule has 0 aromatic carbocycles. The van der Waals surface area contributed by atoms with E-state index in [1.54, 1.807) is 10.0 Å². The Morgan fingerprint density at radius 2 is 2.30 bits per heavy atom. The molecular formula is C4H5ClN4S. The van der Waals surface area contributed by atoms with Gasteiger partial charge in [0, 0.05) is 0 Å². The molecule has 10 heavy (non-hydrogen) atoms. The van der Waals surface area contributed by atoms with Crippen molar-refractivity contribution >= 4 is 28.7 Å². The van der Waals surface area contributed by atoms with Crippen LogP contribution in [0.4, 0.5) is 0 Å². The van der Waals surface area contributed by atoms with Crippen LogP contribution in [-0.4, -0.2) is 19.8 Å². The zero-order chi connectivity index (χ0) is 6.27. The number of nitrogens with zero attached hydrogens (tertiary/aromatic N) is 4. The molecule has 54 valence electrons. The summed E-state index contributed by atoms with van der Waals surface area (Å²) in [4.78, 5) is 0.854. The monoisotopic (exact) mass is 176 g/mol. The van der Waals surface area contributed by atoms with Gasteiger partial charge in [0.1, 0.15) is 5.51 Å². The van der Waals surface area contributed by atoms with Crippen LogP contribution in [0.5, 0.6) is 0 Å². The van der Waals surface area contributed by atoms with Gasteiger partial charge < -0.3 is 0 Å². The molecule has 0 spiro atoms. The molecule has 0 aliphatic rings. The fourth-order valence-electron chi connectivity index (χ4n) is 0.663. The van der Waals surface area contributed by atoms with Gasteiger partial charge in [-0.25, -0.2) is 0 Å². The van der Waals surface area contributed by atoms with Crippen LogP contribution in [-0.2, 0) is 0 Å². The Labute approximate surface area is 67.3 Å². The molecule has 2 heterocycles. The second kappa shape index (κ2) is 2.51. The van der Waals surface area contributed by atoms with Crippen molar-refractivity contribution in [2.75, 3.05) is 0 Å². The molecule has 0 unspecified atom stereocenters. The average Bonchev–Trinajstić information content (AvgIpc) is 2.35. The SMILES string of the molecule is Cc1nnc2scnn12.Cl. The van der Waals surface area contributed by atoms with Crippen molar-refractivity contribution in [1.29, 1.82) is 0 Å². The Morgan fingerprint density at radius 1 is 1.50 bits per heavy atom. The van der Waals surface area contributed by atoms with Crippen LogP contribution in [0.25, 0.3) is 4.96 Å². The van der Waals surface area contributed by atoms with Crippen molar-refractivity contribution < 1.29 is 0 Å². The highest BCUT2D eigenvalue weighted by Gasteiger charge is 1.99. The third kappa shape index (κ3) is 0.871. The summed E-state index contributed by atoms with van der Waals surface area (Å²) in [6.45, 7) is 1.87. The summed E-state index contributed by atoms with van der Waals surface area (Å²) in [5, 5.41) is 11.7. The van der Waals surface area contributed by atoms with E-state index in [1.807, 2.05) is 6.92 Å². The number of aryl methyl sites for hydroxylation is 1. The first-order valence-corrected chi connectivity index (χ1v) is 3.37. The Hall–Kier alpha value is -0.680. The molecule has 0 saturated heterocycles. The van der Waals surface area contributed by atoms with Gasteiger partial charge in [-0.2, -0.15) is 9.61 Å². The van der Waals surface area contributed by atoms with Gasteiger partial charge in [-0.1, -0.05) is 11.3 Å². The van der Waals surface area contributed by atoms with E-state index in [-0.39, 0.29) is 12.4 Å². The highest BCUT2D eigenvalue weighted by molar-refractivity contribution is 7.14. The van der Waals surface area contributed by atoms with E-state index in [2.05, 4.69) is 15.3 Å². The van der Waals surface area contributed by atoms with Crippen LogP contribution < -0.4 is 0 Å². The molecule has 0 aliphatic carbocycles. The van der Waals surface area contributed by atoms with E-state index in [1.165, 1.54) is 11.3 Å². The van der Waals surface area contributed by atoms with Gasteiger partial charge in [0.2, 0.25) is 4.96 Å². The number of fused-ring (bicyclic) bond motifs is 1. The molecular weight excluding hydrogens is 172 g/mol. The number of aromatic nitrogens is 4. The van der Waals surface area contributed by atoms with E-state index >= 15 is 0 Å². The number of hydrogen-bond acceptors (Lipinski definition) is 4. The van der Waals surface area contributed by atoms with Crippen molar-refractivity contribution in [3.05, 3.63) is 11.3 Å². The van der Waals surface area contributed by atoms with Gasteiger partial charge in [-0.15, -0.1) is 22.6 Å². The molecule has 0 N–H and O–H groups in total. The van der Waals surface area contributed by atoms with E-state index in [0.29, 0.717) is 0 Å². The lowest BCUT2D eigenvalue weighted by molar-refractivity contribution is 0.894. The molecule has 6 heteroatoms. The Bertz CT molecular complexity index is 326. The van der Waals surface area contributed by atoms with Crippen LogP contribution in [0, 0.1) is 6.92 Å². The maximum atomic E-state index is 3.99. The van der Waals surface area contributed by atoms with Gasteiger partial charge in [0.25, 0.3) is 0 Å². The Morgan fingerprint density at radius 3 is 3.00 bits per heavy atom. The minimum Gasteiger partial charge on any atom is -0.188 e. The van der Waals surface area contributed by atoms with Gasteiger partial charge >= 0.3 is 0 Å². The molecule has 2 aromatic heterocycles. The second-order valence-electron chi connectivity index (χ2n) is 1.68. The van der Waals surface area contributed by atoms with E-state index in [0.717, 1.165) is 10.8 Å². The third-order valence-electron chi connectivity index (χ3n) is 1.09. The molecule has 0 atom stereocenters. The summed E-state index contributed by atoms with van der Waals surface area (Å²) in [6, 6.07) is 0. The molecule has 0 radical (unpaired) electrons. The lowest BCUT2D eigenvalue weighted by Crippen LogP contribution is -1.85. The highest BCUT2D eigenvalue weighted by atomic mass is 35.5. The van der Waals surface area contributed by atoms with Crippen LogP contribution in [0.2, 0.25) is 0 Å². The Kier molecular flexibility index (Phi) is 1.87. The summed E-state index contributed by atoms with van der Waals surface area (Å²) in [5.74, 6) is 0.839. The van der Waals surface area contributed by atoms with Crippen molar-refractivity contribution in [1.82, 2.24) is 19.8 Å². The maximum Gasteiger partial charge on any atom is 0.234 e. The molecule has 0 aliphatic heterocycles. The first-order valence-electron chi connectivity index (χ1n) is 2.49. The first-order chi connectivity index (χ1) is 4.38. The molecule has 2 aromatic rings. The van der Waals surface area contributed by atoms with E-state index in [9.17, 15) is 0 Å². The smallest absolute Gasteiger partial charge is 0.188 e. The fraction of sp³-hybridized carbons (Fsp3) is 0.250. The molecule has 0 fully saturated rings. The van der Waals surface area contributed by atoms with Crippen LogP contribution >= 0.6 is 23.7 Å². The minimum atomic E-state index is 0. The standard InChI is InChI=1S/C4H4N4S.ClH/c1-3-6-7-4-8(3)5-2-9-4;/h2H,1H3;1H. The van der Waals surface area contributed by atoms with Crippen molar-refractivity contribution in [3.8, 4) is 0 Å². The van der Waals surface area contributed by atoms with Gasteiger partial charge in [-0.3, -0.25) is 0 Å². The summed E-state index contributed by atoms with van der Waals surface area (Å²) < 4.78 is 1.71. The van der Waals surface area contributed by atoms with Crippen molar-refractivity contribution in [2.24, 2.45) is 0 Å². The maximum absolute atomic E-state index is 3.99. The molecule has 2 rings (SSSR count). The van der Waals surface area contributed by atoms with E-state index in [4.69, 9.17) is 0 Å². The quantitative estimate of drug-likeness (QED) is 0.600. The van der Waals surface area contributed by atoms with Crippen LogP contribution in [0.3, 0.4) is 0 Å². The summed E-state index contributed by atoms with van der Waals surface area (Å²) in [5.41, 5.74) is 1.75. The lowest BCUT2D eigenvalue weighted by atomic mass is 10.7. The molecule has 0 bridgehead atoms. The van der Waals surface area contributed by atoms with Gasteiger partial charge in [0.15, 0.2) is 5.82 Å². The predicted molar refractivity (Wildman–Crippen MR) is 40.6 cm³/mol. The fourth-order valence-corrected chi connectivity index (χ4v) is 1.27. The highest BCUT2D eigenvalue weighted by Crippen LogP contribution is 2.04. The zero-order valence-electron chi connectivity index (χ0n) is 5.18. The van der Waals surface area contributed by atoms with Crippen molar-refractivity contribution in [2.45, 2.75) is 6.92 Å². The number of hydrogen-bond donors (Lipinski definition) is 0. The lowest BCUT2D eigenvalue weighted by Gasteiger charge is -1.77.